The lowest BCUT2D eigenvalue weighted by molar-refractivity contribution is 0.261. The zero-order valence-corrected chi connectivity index (χ0v) is 25.1. The normalized spacial score (nSPS) is 12.0. The summed E-state index contributed by atoms with van der Waals surface area (Å²) in [5.74, 6) is 2.16. The smallest absolute Gasteiger partial charge is 0.197 e. The van der Waals surface area contributed by atoms with Crippen LogP contribution in [0, 0.1) is 0 Å². The molecule has 0 aliphatic rings. The van der Waals surface area contributed by atoms with Gasteiger partial charge in [-0.2, -0.15) is 5.10 Å². The van der Waals surface area contributed by atoms with E-state index in [2.05, 4.69) is 39.3 Å². The highest BCUT2D eigenvalue weighted by Gasteiger charge is 2.26. The van der Waals surface area contributed by atoms with Gasteiger partial charge >= 0.3 is 0 Å². The third-order valence-electron chi connectivity index (χ3n) is 6.84. The molecule has 3 nitrogen and oxygen atoms in total. The molecule has 1 rings (SSSR count). The Balaban J connectivity index is 2.37. The van der Waals surface area contributed by atoms with Crippen LogP contribution in [-0.2, 0) is 12.0 Å². The Labute approximate surface area is 221 Å². The van der Waals surface area contributed by atoms with Crippen molar-refractivity contribution in [1.82, 2.24) is 14.8 Å². The van der Waals surface area contributed by atoms with Crippen molar-refractivity contribution in [2.24, 2.45) is 0 Å². The van der Waals surface area contributed by atoms with Crippen molar-refractivity contribution in [2.45, 2.75) is 174 Å². The Morgan fingerprint density at radius 2 is 1.12 bits per heavy atom. The fraction of sp³-hybridized carbons (Fsp3) is 0.931. The van der Waals surface area contributed by atoms with E-state index in [1.807, 2.05) is 21.6 Å². The zero-order chi connectivity index (χ0) is 24.9. The van der Waals surface area contributed by atoms with Gasteiger partial charge in [0.05, 0.1) is 5.54 Å². The minimum absolute atomic E-state index is 0.0441. The molecular weight excluding hydrogens is 454 g/mol. The Hall–Kier alpha value is -0.160. The van der Waals surface area contributed by atoms with Crippen molar-refractivity contribution >= 4 is 21.6 Å². The van der Waals surface area contributed by atoms with Gasteiger partial charge in [0, 0.05) is 12.2 Å². The summed E-state index contributed by atoms with van der Waals surface area (Å²) in [5, 5.41) is 6.14. The third-order valence-corrected chi connectivity index (χ3v) is 9.12. The van der Waals surface area contributed by atoms with Crippen molar-refractivity contribution in [3.8, 4) is 0 Å². The van der Waals surface area contributed by atoms with Gasteiger partial charge in [-0.1, -0.05) is 141 Å². The Kier molecular flexibility index (Phi) is 19.7. The average molecular weight is 512 g/mol. The standard InChI is InChI=1S/C29H57N3S2/c1-6-9-11-13-15-16-17-18-19-21-23-25-27-30-28(34-33-8-3)32(31-27)29(4,5)26-24-22-20-14-12-10-7-2/h6-26H2,1-5H3. The Morgan fingerprint density at radius 3 is 1.62 bits per heavy atom. The molecule has 200 valence electrons. The Bertz CT molecular complexity index is 586. The van der Waals surface area contributed by atoms with Crippen molar-refractivity contribution in [3.05, 3.63) is 5.82 Å². The first-order valence-electron chi connectivity index (χ1n) is 14.8. The number of hydrogen-bond donors (Lipinski definition) is 0. The number of aryl methyl sites for hydroxylation is 1. The molecule has 0 atom stereocenters. The molecule has 0 bridgehead atoms. The van der Waals surface area contributed by atoms with E-state index in [0.717, 1.165) is 23.2 Å². The van der Waals surface area contributed by atoms with Crippen LogP contribution in [0.3, 0.4) is 0 Å². The summed E-state index contributed by atoms with van der Waals surface area (Å²) in [7, 11) is 3.70. The number of unbranched alkanes of at least 4 members (excludes halogenated alkanes) is 16. The highest BCUT2D eigenvalue weighted by molar-refractivity contribution is 8.76. The van der Waals surface area contributed by atoms with Crippen molar-refractivity contribution in [1.29, 1.82) is 0 Å². The van der Waals surface area contributed by atoms with Crippen molar-refractivity contribution in [2.75, 3.05) is 5.75 Å². The van der Waals surface area contributed by atoms with Crippen molar-refractivity contribution in [3.63, 3.8) is 0 Å². The molecule has 1 aromatic rings. The molecule has 0 spiro atoms. The fourth-order valence-electron chi connectivity index (χ4n) is 4.57. The van der Waals surface area contributed by atoms with Gasteiger partial charge in [0.15, 0.2) is 11.0 Å². The molecule has 0 aromatic carbocycles. The average Bonchev–Trinajstić information content (AvgIpc) is 3.24. The molecule has 0 saturated carbocycles. The monoisotopic (exact) mass is 511 g/mol. The van der Waals surface area contributed by atoms with Gasteiger partial charge in [0.1, 0.15) is 0 Å². The highest BCUT2D eigenvalue weighted by atomic mass is 33.1. The van der Waals surface area contributed by atoms with Crippen LogP contribution in [0.2, 0.25) is 0 Å². The molecule has 5 heteroatoms. The van der Waals surface area contributed by atoms with Gasteiger partial charge in [0.2, 0.25) is 0 Å². The minimum Gasteiger partial charge on any atom is -0.234 e. The molecule has 1 aromatic heterocycles. The summed E-state index contributed by atoms with van der Waals surface area (Å²) >= 11 is 0. The van der Waals surface area contributed by atoms with Crippen LogP contribution in [-0.4, -0.2) is 20.5 Å². The molecule has 0 aliphatic carbocycles. The molecule has 0 N–H and O–H groups in total. The number of rotatable bonds is 24. The van der Waals surface area contributed by atoms with E-state index >= 15 is 0 Å². The molecule has 0 amide bonds. The topological polar surface area (TPSA) is 30.7 Å². The zero-order valence-electron chi connectivity index (χ0n) is 23.5. The van der Waals surface area contributed by atoms with E-state index in [9.17, 15) is 0 Å². The second kappa shape index (κ2) is 21.0. The van der Waals surface area contributed by atoms with Crippen LogP contribution in [0.4, 0.5) is 0 Å². The Morgan fingerprint density at radius 1 is 0.647 bits per heavy atom. The molecule has 0 unspecified atom stereocenters. The van der Waals surface area contributed by atoms with E-state index in [-0.39, 0.29) is 5.54 Å². The summed E-state index contributed by atoms with van der Waals surface area (Å²) < 4.78 is 2.26. The SMILES string of the molecule is CCCCCCCCCCCCCc1nc(SSCC)n(C(C)(C)CCCCCCCCC)n1. The number of aromatic nitrogens is 3. The first-order valence-corrected chi connectivity index (χ1v) is 17.1. The summed E-state index contributed by atoms with van der Waals surface area (Å²) in [4.78, 5) is 4.97. The van der Waals surface area contributed by atoms with Crippen molar-refractivity contribution < 1.29 is 0 Å². The molecular formula is C29H57N3S2. The van der Waals surface area contributed by atoms with Gasteiger partial charge in [-0.3, -0.25) is 0 Å². The van der Waals surface area contributed by atoms with Crippen LogP contribution >= 0.6 is 21.6 Å². The maximum Gasteiger partial charge on any atom is 0.197 e. The van der Waals surface area contributed by atoms with Gasteiger partial charge in [-0.25, -0.2) is 9.67 Å². The predicted molar refractivity (Wildman–Crippen MR) is 156 cm³/mol. The fourth-order valence-corrected chi connectivity index (χ4v) is 6.29. The largest absolute Gasteiger partial charge is 0.234 e. The van der Waals surface area contributed by atoms with Crippen LogP contribution in [0.25, 0.3) is 0 Å². The molecule has 1 heterocycles. The first kappa shape index (κ1) is 31.9. The second-order valence-corrected chi connectivity index (χ2v) is 13.2. The lowest BCUT2D eigenvalue weighted by Crippen LogP contribution is -2.28. The highest BCUT2D eigenvalue weighted by Crippen LogP contribution is 2.34. The summed E-state index contributed by atoms with van der Waals surface area (Å²) in [5.41, 5.74) is 0.0441. The van der Waals surface area contributed by atoms with Crippen LogP contribution in [0.15, 0.2) is 5.16 Å². The van der Waals surface area contributed by atoms with Crippen LogP contribution < -0.4 is 0 Å². The summed E-state index contributed by atoms with van der Waals surface area (Å²) in [6.45, 7) is 11.5. The second-order valence-electron chi connectivity index (χ2n) is 10.7. The third kappa shape index (κ3) is 15.1. The molecule has 0 aliphatic heterocycles. The van der Waals surface area contributed by atoms with Gasteiger partial charge in [-0.05, 0) is 37.5 Å². The van der Waals surface area contributed by atoms with E-state index in [1.165, 1.54) is 122 Å². The summed E-state index contributed by atoms with van der Waals surface area (Å²) in [6, 6.07) is 0. The summed E-state index contributed by atoms with van der Waals surface area (Å²) in [6.07, 6.45) is 27.0. The molecule has 0 radical (unpaired) electrons. The first-order chi connectivity index (χ1) is 16.5. The number of nitrogens with zero attached hydrogens (tertiary/aromatic N) is 3. The van der Waals surface area contributed by atoms with E-state index in [4.69, 9.17) is 10.1 Å². The minimum atomic E-state index is 0.0441. The van der Waals surface area contributed by atoms with Gasteiger partial charge in [0.25, 0.3) is 0 Å². The maximum atomic E-state index is 5.03. The van der Waals surface area contributed by atoms with Crippen LogP contribution in [0.5, 0.6) is 0 Å². The molecule has 0 saturated heterocycles. The van der Waals surface area contributed by atoms with E-state index < -0.39 is 0 Å². The van der Waals surface area contributed by atoms with E-state index in [0.29, 0.717) is 0 Å². The number of hydrogen-bond acceptors (Lipinski definition) is 4. The van der Waals surface area contributed by atoms with Gasteiger partial charge in [-0.15, -0.1) is 0 Å². The maximum absolute atomic E-state index is 5.03. The lowest BCUT2D eigenvalue weighted by Gasteiger charge is -2.26. The van der Waals surface area contributed by atoms with Crippen LogP contribution in [0.1, 0.15) is 162 Å². The molecule has 34 heavy (non-hydrogen) atoms. The quantitative estimate of drug-likeness (QED) is 0.102. The molecule has 0 fully saturated rings. The lowest BCUT2D eigenvalue weighted by atomic mass is 9.96. The van der Waals surface area contributed by atoms with Gasteiger partial charge < -0.3 is 0 Å². The van der Waals surface area contributed by atoms with E-state index in [1.54, 1.807) is 0 Å². The predicted octanol–water partition coefficient (Wildman–Crippen LogP) is 10.8.